The fraction of sp³-hybridized carbons (Fsp3) is 0.231. The van der Waals surface area contributed by atoms with Crippen molar-refractivity contribution < 1.29 is 8.78 Å². The molecule has 0 aliphatic rings. The molecule has 0 aromatic heterocycles. The van der Waals surface area contributed by atoms with Gasteiger partial charge >= 0.3 is 0 Å². The van der Waals surface area contributed by atoms with Crippen LogP contribution in [0.3, 0.4) is 0 Å². The first-order valence-electron chi connectivity index (χ1n) is 5.19. The lowest BCUT2D eigenvalue weighted by atomic mass is 10.0. The molecule has 0 aliphatic heterocycles. The zero-order valence-corrected chi connectivity index (χ0v) is 9.96. The molecule has 0 spiro atoms. The van der Waals surface area contributed by atoms with Gasteiger partial charge in [0.05, 0.1) is 0 Å². The minimum Gasteiger partial charge on any atom is -0.324 e. The summed E-state index contributed by atoms with van der Waals surface area (Å²) in [6.45, 7) is 0. The summed E-state index contributed by atoms with van der Waals surface area (Å²) in [5, 5.41) is 2.13. The maximum Gasteiger partial charge on any atom is 0.240 e. The van der Waals surface area contributed by atoms with Crippen LogP contribution in [0.25, 0.3) is 10.8 Å². The first-order chi connectivity index (χ1) is 7.66. The molecule has 0 fully saturated rings. The predicted octanol–water partition coefficient (Wildman–Crippen LogP) is 3.92. The van der Waals surface area contributed by atoms with Crippen LogP contribution >= 0.6 is 12.4 Å². The van der Waals surface area contributed by atoms with Gasteiger partial charge in [0.25, 0.3) is 0 Å². The number of nitrogens with two attached hydrogens (primary N) is 1. The molecule has 92 valence electrons. The fourth-order valence-corrected chi connectivity index (χ4v) is 1.77. The largest absolute Gasteiger partial charge is 0.324 e. The van der Waals surface area contributed by atoms with E-state index in [0.29, 0.717) is 0 Å². The Morgan fingerprint density at radius 1 is 1.00 bits per heavy atom. The maximum absolute atomic E-state index is 12.2. The molecule has 0 aliphatic carbocycles. The molecule has 2 aromatic rings. The minimum atomic E-state index is -2.36. The Kier molecular flexibility index (Phi) is 4.85. The van der Waals surface area contributed by atoms with Gasteiger partial charge in [0.2, 0.25) is 6.43 Å². The third kappa shape index (κ3) is 3.38. The Balaban J connectivity index is 0.00000144. The summed E-state index contributed by atoms with van der Waals surface area (Å²) in [6.07, 6.45) is -2.65. The average Bonchev–Trinajstić information content (AvgIpc) is 2.27. The summed E-state index contributed by atoms with van der Waals surface area (Å²) in [5.74, 6) is 0. The molecule has 0 radical (unpaired) electrons. The Bertz CT molecular complexity index is 488. The highest BCUT2D eigenvalue weighted by Gasteiger charge is 2.12. The van der Waals surface area contributed by atoms with Crippen molar-refractivity contribution in [3.63, 3.8) is 0 Å². The number of rotatable bonds is 3. The molecule has 0 heterocycles. The van der Waals surface area contributed by atoms with Gasteiger partial charge < -0.3 is 5.73 Å². The third-order valence-electron chi connectivity index (χ3n) is 2.63. The van der Waals surface area contributed by atoms with Crippen molar-refractivity contribution in [1.29, 1.82) is 0 Å². The second kappa shape index (κ2) is 5.94. The van der Waals surface area contributed by atoms with Crippen LogP contribution in [0.4, 0.5) is 8.78 Å². The number of fused-ring (bicyclic) bond motifs is 1. The van der Waals surface area contributed by atoms with E-state index < -0.39 is 12.5 Å². The summed E-state index contributed by atoms with van der Waals surface area (Å²) in [4.78, 5) is 0. The van der Waals surface area contributed by atoms with Crippen molar-refractivity contribution in [3.8, 4) is 0 Å². The van der Waals surface area contributed by atoms with E-state index in [4.69, 9.17) is 5.73 Å². The van der Waals surface area contributed by atoms with Gasteiger partial charge in [-0.15, -0.1) is 12.4 Å². The van der Waals surface area contributed by atoms with Crippen molar-refractivity contribution in [2.45, 2.75) is 18.9 Å². The Hall–Kier alpha value is -1.19. The summed E-state index contributed by atoms with van der Waals surface area (Å²) >= 11 is 0. The molecule has 2 rings (SSSR count). The molecule has 17 heavy (non-hydrogen) atoms. The minimum absolute atomic E-state index is 0. The lowest BCUT2D eigenvalue weighted by molar-refractivity contribution is 0.128. The summed E-state index contributed by atoms with van der Waals surface area (Å²) < 4.78 is 24.4. The molecule has 0 amide bonds. The van der Waals surface area contributed by atoms with Crippen molar-refractivity contribution in [2.24, 2.45) is 5.73 Å². The van der Waals surface area contributed by atoms with Crippen LogP contribution in [-0.2, 0) is 0 Å². The van der Waals surface area contributed by atoms with Crippen LogP contribution in [-0.4, -0.2) is 6.43 Å². The number of hydrogen-bond donors (Lipinski definition) is 1. The van der Waals surface area contributed by atoms with Crippen molar-refractivity contribution in [1.82, 2.24) is 0 Å². The van der Waals surface area contributed by atoms with Gasteiger partial charge in [0.1, 0.15) is 0 Å². The second-order valence-electron chi connectivity index (χ2n) is 3.84. The van der Waals surface area contributed by atoms with E-state index in [-0.39, 0.29) is 18.8 Å². The van der Waals surface area contributed by atoms with Gasteiger partial charge in [-0.1, -0.05) is 36.4 Å². The molecule has 1 nitrogen and oxygen atoms in total. The first-order valence-corrected chi connectivity index (χ1v) is 5.19. The van der Waals surface area contributed by atoms with Gasteiger partial charge in [-0.2, -0.15) is 0 Å². The zero-order chi connectivity index (χ0) is 11.5. The molecule has 1 atom stereocenters. The highest BCUT2D eigenvalue weighted by atomic mass is 35.5. The van der Waals surface area contributed by atoms with Crippen LogP contribution in [0.1, 0.15) is 18.0 Å². The van der Waals surface area contributed by atoms with E-state index in [9.17, 15) is 8.78 Å². The van der Waals surface area contributed by atoms with Crippen molar-refractivity contribution >= 4 is 23.2 Å². The van der Waals surface area contributed by atoms with E-state index in [1.54, 1.807) is 0 Å². The van der Waals surface area contributed by atoms with E-state index in [2.05, 4.69) is 0 Å². The standard InChI is InChI=1S/C13H13F2N.ClH/c14-13(15)8-12(16)11-6-5-9-3-1-2-4-10(9)7-11;/h1-7,12-13H,8,16H2;1H/t12-;/m1./s1. The molecule has 0 unspecified atom stereocenters. The molecule has 4 heteroatoms. The highest BCUT2D eigenvalue weighted by molar-refractivity contribution is 5.85. The predicted molar refractivity (Wildman–Crippen MR) is 68.7 cm³/mol. The number of halogens is 3. The molecule has 0 bridgehead atoms. The molecular formula is C13H14ClF2N. The summed E-state index contributed by atoms with van der Waals surface area (Å²) in [6, 6.07) is 12.8. The first kappa shape index (κ1) is 13.9. The van der Waals surface area contributed by atoms with E-state index >= 15 is 0 Å². The lowest BCUT2D eigenvalue weighted by Gasteiger charge is -2.12. The van der Waals surface area contributed by atoms with Crippen LogP contribution < -0.4 is 5.73 Å². The normalized spacial score (nSPS) is 12.5. The smallest absolute Gasteiger partial charge is 0.240 e. The van der Waals surface area contributed by atoms with Crippen LogP contribution in [0.5, 0.6) is 0 Å². The average molecular weight is 258 g/mol. The van der Waals surface area contributed by atoms with Crippen LogP contribution in [0, 0.1) is 0 Å². The third-order valence-corrected chi connectivity index (χ3v) is 2.63. The monoisotopic (exact) mass is 257 g/mol. The van der Waals surface area contributed by atoms with Gasteiger partial charge in [-0.3, -0.25) is 0 Å². The Labute approximate surface area is 105 Å². The van der Waals surface area contributed by atoms with E-state index in [0.717, 1.165) is 16.3 Å². The van der Waals surface area contributed by atoms with Gasteiger partial charge in [0.15, 0.2) is 0 Å². The van der Waals surface area contributed by atoms with Gasteiger partial charge in [-0.05, 0) is 22.4 Å². The fourth-order valence-electron chi connectivity index (χ4n) is 1.77. The van der Waals surface area contributed by atoms with Gasteiger partial charge in [-0.25, -0.2) is 8.78 Å². The summed E-state index contributed by atoms with van der Waals surface area (Å²) in [7, 11) is 0. The molecule has 0 saturated carbocycles. The molecule has 2 N–H and O–H groups in total. The quantitative estimate of drug-likeness (QED) is 0.886. The van der Waals surface area contributed by atoms with Crippen LogP contribution in [0.2, 0.25) is 0 Å². The second-order valence-corrected chi connectivity index (χ2v) is 3.84. The molecule has 2 aromatic carbocycles. The van der Waals surface area contributed by atoms with Crippen molar-refractivity contribution in [2.75, 3.05) is 0 Å². The van der Waals surface area contributed by atoms with E-state index in [1.807, 2.05) is 42.5 Å². The Morgan fingerprint density at radius 2 is 1.65 bits per heavy atom. The molecular weight excluding hydrogens is 244 g/mol. The van der Waals surface area contributed by atoms with E-state index in [1.165, 1.54) is 0 Å². The van der Waals surface area contributed by atoms with Crippen molar-refractivity contribution in [3.05, 3.63) is 48.0 Å². The summed E-state index contributed by atoms with van der Waals surface area (Å²) in [5.41, 5.74) is 6.47. The molecule has 0 saturated heterocycles. The van der Waals surface area contributed by atoms with Crippen LogP contribution in [0.15, 0.2) is 42.5 Å². The zero-order valence-electron chi connectivity index (χ0n) is 9.14. The topological polar surface area (TPSA) is 26.0 Å². The Morgan fingerprint density at radius 3 is 2.29 bits per heavy atom. The maximum atomic E-state index is 12.2. The van der Waals surface area contributed by atoms with Gasteiger partial charge in [0, 0.05) is 12.5 Å². The number of hydrogen-bond acceptors (Lipinski definition) is 1. The SMILES string of the molecule is Cl.N[C@H](CC(F)F)c1ccc2ccccc2c1. The highest BCUT2D eigenvalue weighted by Crippen LogP contribution is 2.22. The number of alkyl halides is 2. The number of benzene rings is 2. The lowest BCUT2D eigenvalue weighted by Crippen LogP contribution is -2.13.